The van der Waals surface area contributed by atoms with Gasteiger partial charge in [0.15, 0.2) is 0 Å². The summed E-state index contributed by atoms with van der Waals surface area (Å²) in [6.45, 7) is 1.71. The molecule has 0 radical (unpaired) electrons. The zero-order valence-corrected chi connectivity index (χ0v) is 18.9. The van der Waals surface area contributed by atoms with E-state index in [1.807, 2.05) is 12.3 Å². The highest BCUT2D eigenvalue weighted by molar-refractivity contribution is 7.99. The minimum absolute atomic E-state index is 0.176. The number of fused-ring (bicyclic) bond motifs is 2. The van der Waals surface area contributed by atoms with E-state index in [-0.39, 0.29) is 11.9 Å². The number of aliphatic hydroxyl groups is 1. The first-order valence-corrected chi connectivity index (χ1v) is 12.1. The van der Waals surface area contributed by atoms with E-state index in [9.17, 15) is 22.7 Å². The standard InChI is InChI=1S/C26H25F4NOS/c27-19-4-7-21-24(14-19)33-23-8-3-18(26(28,29)30)13-22(23)25(21)17-9-11-31(12-10-17)15-16-1-5-20(32)6-2-16/h3-4,7-9,11,13-14,16,20,32H,1-2,5-6,10,12,15H2/t16-,20+. The van der Waals surface area contributed by atoms with Crippen LogP contribution in [0.25, 0.3) is 5.57 Å². The fraction of sp³-hybridized carbons (Fsp3) is 0.385. The molecule has 5 rings (SSSR count). The van der Waals surface area contributed by atoms with Crippen LogP contribution in [0.1, 0.15) is 48.8 Å². The molecule has 1 fully saturated rings. The first kappa shape index (κ1) is 22.5. The summed E-state index contributed by atoms with van der Waals surface area (Å²) >= 11 is 1.31. The van der Waals surface area contributed by atoms with Crippen molar-refractivity contribution in [1.82, 2.24) is 4.90 Å². The third-order valence-corrected chi connectivity index (χ3v) is 7.93. The molecule has 2 heterocycles. The van der Waals surface area contributed by atoms with Crippen molar-refractivity contribution in [3.63, 3.8) is 0 Å². The van der Waals surface area contributed by atoms with E-state index in [0.29, 0.717) is 22.8 Å². The van der Waals surface area contributed by atoms with Gasteiger partial charge in [-0.25, -0.2) is 4.39 Å². The molecule has 2 aromatic rings. The predicted octanol–water partition coefficient (Wildman–Crippen LogP) is 6.88. The van der Waals surface area contributed by atoms with Crippen molar-refractivity contribution in [3.05, 3.63) is 76.8 Å². The second kappa shape index (κ2) is 8.84. The Hall–Kier alpha value is -2.25. The summed E-state index contributed by atoms with van der Waals surface area (Å²) < 4.78 is 54.3. The Balaban J connectivity index is 1.50. The number of benzene rings is 2. The molecule has 1 N–H and O–H groups in total. The smallest absolute Gasteiger partial charge is 0.393 e. The Labute approximate surface area is 195 Å². The van der Waals surface area contributed by atoms with Crippen LogP contribution in [-0.4, -0.2) is 29.2 Å². The topological polar surface area (TPSA) is 23.5 Å². The van der Waals surface area contributed by atoms with Crippen LogP contribution in [0, 0.1) is 11.7 Å². The second-order valence-electron chi connectivity index (χ2n) is 9.09. The monoisotopic (exact) mass is 475 g/mol. The summed E-state index contributed by atoms with van der Waals surface area (Å²) in [7, 11) is 0. The maximum Gasteiger partial charge on any atom is 0.416 e. The van der Waals surface area contributed by atoms with E-state index in [1.54, 1.807) is 6.07 Å². The number of nitrogens with zero attached hydrogens (tertiary/aromatic N) is 1. The summed E-state index contributed by atoms with van der Waals surface area (Å²) in [4.78, 5) is 3.70. The molecule has 0 unspecified atom stereocenters. The van der Waals surface area contributed by atoms with Crippen molar-refractivity contribution in [3.8, 4) is 0 Å². The van der Waals surface area contributed by atoms with Gasteiger partial charge in [-0.2, -0.15) is 13.2 Å². The van der Waals surface area contributed by atoms with Gasteiger partial charge in [-0.15, -0.1) is 0 Å². The molecule has 0 saturated heterocycles. The molecule has 1 aliphatic carbocycles. The lowest BCUT2D eigenvalue weighted by Crippen LogP contribution is -2.31. The highest BCUT2D eigenvalue weighted by Gasteiger charge is 2.33. The molecule has 3 aliphatic rings. The number of allylic oxidation sites excluding steroid dienone is 1. The van der Waals surface area contributed by atoms with Crippen LogP contribution < -0.4 is 0 Å². The van der Waals surface area contributed by atoms with Crippen LogP contribution in [0.4, 0.5) is 17.6 Å². The number of hydrogen-bond acceptors (Lipinski definition) is 3. The molecule has 2 aromatic carbocycles. The molecule has 1 saturated carbocycles. The van der Waals surface area contributed by atoms with Gasteiger partial charge in [-0.1, -0.05) is 17.8 Å². The summed E-state index contributed by atoms with van der Waals surface area (Å²) in [6, 6.07) is 8.32. The van der Waals surface area contributed by atoms with Crippen LogP contribution >= 0.6 is 11.8 Å². The van der Waals surface area contributed by atoms with Gasteiger partial charge in [0.2, 0.25) is 0 Å². The second-order valence-corrected chi connectivity index (χ2v) is 10.2. The van der Waals surface area contributed by atoms with E-state index in [2.05, 4.69) is 4.90 Å². The highest BCUT2D eigenvalue weighted by atomic mass is 32.2. The molecule has 0 atom stereocenters. The van der Waals surface area contributed by atoms with Gasteiger partial charge in [-0.05, 0) is 103 Å². The fourth-order valence-corrected chi connectivity index (χ4v) is 6.12. The molecule has 7 heteroatoms. The third-order valence-electron chi connectivity index (χ3n) is 6.79. The van der Waals surface area contributed by atoms with Crippen LogP contribution in [0.2, 0.25) is 0 Å². The number of rotatable bonds is 2. The molecule has 33 heavy (non-hydrogen) atoms. The molecule has 174 valence electrons. The highest BCUT2D eigenvalue weighted by Crippen LogP contribution is 2.49. The molecule has 0 bridgehead atoms. The Morgan fingerprint density at radius 3 is 2.45 bits per heavy atom. The van der Waals surface area contributed by atoms with Crippen molar-refractivity contribution in [1.29, 1.82) is 0 Å². The van der Waals surface area contributed by atoms with E-state index in [4.69, 9.17) is 0 Å². The van der Waals surface area contributed by atoms with Crippen molar-refractivity contribution in [2.24, 2.45) is 5.92 Å². The number of aliphatic hydroxyl groups excluding tert-OH is 1. The molecule has 2 nitrogen and oxygen atoms in total. The normalized spacial score (nSPS) is 25.1. The van der Waals surface area contributed by atoms with Gasteiger partial charge in [0.05, 0.1) is 11.7 Å². The zero-order valence-electron chi connectivity index (χ0n) is 18.0. The van der Waals surface area contributed by atoms with E-state index in [0.717, 1.165) is 66.4 Å². The first-order chi connectivity index (χ1) is 15.8. The van der Waals surface area contributed by atoms with Gasteiger partial charge in [0.1, 0.15) is 5.82 Å². The average Bonchev–Trinajstić information content (AvgIpc) is 2.78. The SMILES string of the molecule is O[C@H]1CC[C@@H](CN2C=CC(=C3c4ccc(F)cc4Sc4ccc(C(F)(F)F)cc43)CC2)CC1. The molecule has 0 amide bonds. The lowest BCUT2D eigenvalue weighted by atomic mass is 9.86. The Kier molecular flexibility index (Phi) is 6.04. The quantitative estimate of drug-likeness (QED) is 0.409. The first-order valence-electron chi connectivity index (χ1n) is 11.3. The third kappa shape index (κ3) is 4.71. The zero-order chi connectivity index (χ0) is 23.2. The maximum absolute atomic E-state index is 13.9. The minimum atomic E-state index is -4.43. The van der Waals surface area contributed by atoms with Gasteiger partial charge < -0.3 is 10.0 Å². The lowest BCUT2D eigenvalue weighted by Gasteiger charge is -2.33. The molecular formula is C26H25F4NOS. The summed E-state index contributed by atoms with van der Waals surface area (Å²) in [5.41, 5.74) is 2.40. The summed E-state index contributed by atoms with van der Waals surface area (Å²) in [5, 5.41) is 9.73. The van der Waals surface area contributed by atoms with Gasteiger partial charge >= 0.3 is 6.18 Å². The number of alkyl halides is 3. The van der Waals surface area contributed by atoms with Crippen molar-refractivity contribution in [2.75, 3.05) is 13.1 Å². The van der Waals surface area contributed by atoms with Crippen LogP contribution in [0.3, 0.4) is 0 Å². The van der Waals surface area contributed by atoms with Crippen molar-refractivity contribution < 1.29 is 22.7 Å². The molecule has 2 aliphatic heterocycles. The Bertz CT molecular complexity index is 1120. The van der Waals surface area contributed by atoms with Gasteiger partial charge in [-0.3, -0.25) is 0 Å². The predicted molar refractivity (Wildman–Crippen MR) is 121 cm³/mol. The van der Waals surface area contributed by atoms with E-state index < -0.39 is 11.7 Å². The molecule has 0 aromatic heterocycles. The average molecular weight is 476 g/mol. The van der Waals surface area contributed by atoms with E-state index >= 15 is 0 Å². The lowest BCUT2D eigenvalue weighted by molar-refractivity contribution is -0.137. The Morgan fingerprint density at radius 1 is 0.970 bits per heavy atom. The minimum Gasteiger partial charge on any atom is -0.393 e. The van der Waals surface area contributed by atoms with Crippen molar-refractivity contribution in [2.45, 2.75) is 54.2 Å². The maximum atomic E-state index is 13.9. The Morgan fingerprint density at radius 2 is 1.76 bits per heavy atom. The van der Waals surface area contributed by atoms with Crippen LogP contribution in [0.5, 0.6) is 0 Å². The number of halogens is 4. The summed E-state index contributed by atoms with van der Waals surface area (Å²) in [6.07, 6.45) is 3.88. The molecule has 0 spiro atoms. The van der Waals surface area contributed by atoms with Crippen LogP contribution in [0.15, 0.2) is 64.0 Å². The van der Waals surface area contributed by atoms with Gasteiger partial charge in [0.25, 0.3) is 0 Å². The number of hydrogen-bond donors (Lipinski definition) is 1. The van der Waals surface area contributed by atoms with Crippen LogP contribution in [-0.2, 0) is 6.18 Å². The summed E-state index contributed by atoms with van der Waals surface area (Å²) in [5.74, 6) is 0.195. The van der Waals surface area contributed by atoms with E-state index in [1.165, 1.54) is 36.0 Å². The fourth-order valence-electron chi connectivity index (χ4n) is 5.02. The molecular weight excluding hydrogens is 450 g/mol. The largest absolute Gasteiger partial charge is 0.416 e. The van der Waals surface area contributed by atoms with Crippen molar-refractivity contribution >= 4 is 17.3 Å². The van der Waals surface area contributed by atoms with Gasteiger partial charge in [0, 0.05) is 22.9 Å².